The van der Waals surface area contributed by atoms with Crippen LogP contribution in [0.2, 0.25) is 0 Å². The van der Waals surface area contributed by atoms with E-state index in [2.05, 4.69) is 11.4 Å². The van der Waals surface area contributed by atoms with Gasteiger partial charge in [0.25, 0.3) is 0 Å². The molecular weight excluding hydrogens is 222 g/mol. The lowest BCUT2D eigenvalue weighted by atomic mass is 9.88. The Kier molecular flexibility index (Phi) is 3.55. The molecule has 0 spiro atoms. The zero-order valence-corrected chi connectivity index (χ0v) is 11.0. The molecule has 18 heavy (non-hydrogen) atoms. The van der Waals surface area contributed by atoms with Crippen LogP contribution in [-0.4, -0.2) is 17.7 Å². The number of rotatable bonds is 2. The highest BCUT2D eigenvalue weighted by molar-refractivity contribution is 5.43. The van der Waals surface area contributed by atoms with Crippen LogP contribution in [0.1, 0.15) is 48.8 Å². The summed E-state index contributed by atoms with van der Waals surface area (Å²) in [4.78, 5) is 0. The Bertz CT molecular complexity index is 421. The van der Waals surface area contributed by atoms with Gasteiger partial charge in [-0.1, -0.05) is 12.5 Å². The van der Waals surface area contributed by atoms with Gasteiger partial charge < -0.3 is 10.4 Å². The molecule has 0 aromatic heterocycles. The summed E-state index contributed by atoms with van der Waals surface area (Å²) in [6.45, 7) is 1.14. The van der Waals surface area contributed by atoms with E-state index in [0.29, 0.717) is 11.8 Å². The van der Waals surface area contributed by atoms with Gasteiger partial charge in [0.05, 0.1) is 0 Å². The maximum atomic E-state index is 10.2. The number of piperidine rings is 1. The maximum Gasteiger partial charge on any atom is 0.119 e. The van der Waals surface area contributed by atoms with Crippen LogP contribution in [-0.2, 0) is 19.3 Å². The van der Waals surface area contributed by atoms with Crippen LogP contribution in [0, 0.1) is 0 Å². The molecule has 0 bridgehead atoms. The Morgan fingerprint density at radius 3 is 2.56 bits per heavy atom. The van der Waals surface area contributed by atoms with Gasteiger partial charge in [0, 0.05) is 6.04 Å². The number of hydrogen-bond acceptors (Lipinski definition) is 2. The third-order valence-electron chi connectivity index (χ3n) is 4.42. The summed E-state index contributed by atoms with van der Waals surface area (Å²) in [6, 6.07) is 4.85. The van der Waals surface area contributed by atoms with E-state index in [0.717, 1.165) is 24.9 Å². The Morgan fingerprint density at radius 1 is 1.06 bits per heavy atom. The third-order valence-corrected chi connectivity index (χ3v) is 4.42. The maximum absolute atomic E-state index is 10.2. The average Bonchev–Trinajstić information content (AvgIpc) is 2.41. The average molecular weight is 245 g/mol. The minimum atomic E-state index is 0.517. The van der Waals surface area contributed by atoms with E-state index in [-0.39, 0.29) is 0 Å². The summed E-state index contributed by atoms with van der Waals surface area (Å²) in [7, 11) is 0. The van der Waals surface area contributed by atoms with Gasteiger partial charge in [-0.25, -0.2) is 0 Å². The van der Waals surface area contributed by atoms with E-state index in [1.165, 1.54) is 49.7 Å². The normalized spacial score (nSPS) is 23.7. The molecule has 1 aromatic carbocycles. The van der Waals surface area contributed by atoms with E-state index in [1.54, 1.807) is 0 Å². The molecule has 1 heterocycles. The van der Waals surface area contributed by atoms with E-state index in [1.807, 2.05) is 6.07 Å². The molecule has 1 saturated heterocycles. The summed E-state index contributed by atoms with van der Waals surface area (Å²) in [5.41, 5.74) is 4.00. The molecule has 2 N–H and O–H groups in total. The minimum Gasteiger partial charge on any atom is -0.508 e. The van der Waals surface area contributed by atoms with Crippen LogP contribution in [0.4, 0.5) is 0 Å². The molecule has 1 unspecified atom stereocenters. The second-order valence-electron chi connectivity index (χ2n) is 5.81. The van der Waals surface area contributed by atoms with Gasteiger partial charge in [0.1, 0.15) is 5.75 Å². The third kappa shape index (κ3) is 2.54. The van der Waals surface area contributed by atoms with Crippen molar-refractivity contribution in [1.29, 1.82) is 0 Å². The van der Waals surface area contributed by atoms with E-state index in [4.69, 9.17) is 0 Å². The van der Waals surface area contributed by atoms with Crippen LogP contribution in [0.3, 0.4) is 0 Å². The highest BCUT2D eigenvalue weighted by Crippen LogP contribution is 2.29. The molecule has 0 amide bonds. The smallest absolute Gasteiger partial charge is 0.119 e. The standard InChI is InChI=1S/C16H23NO/c18-16-11-13-6-2-1-5-12(13)9-14(16)10-15-7-3-4-8-17-15/h9,11,15,17-18H,1-8,10H2. The molecule has 98 valence electrons. The number of phenolic OH excluding ortho intramolecular Hbond substituents is 1. The first-order valence-corrected chi connectivity index (χ1v) is 7.40. The first-order chi connectivity index (χ1) is 8.83. The van der Waals surface area contributed by atoms with Crippen LogP contribution in [0.15, 0.2) is 12.1 Å². The fourth-order valence-corrected chi connectivity index (χ4v) is 3.35. The molecule has 2 aliphatic rings. The number of aryl methyl sites for hydroxylation is 2. The Morgan fingerprint density at radius 2 is 1.83 bits per heavy atom. The lowest BCUT2D eigenvalue weighted by molar-refractivity contribution is 0.391. The van der Waals surface area contributed by atoms with Gasteiger partial charge >= 0.3 is 0 Å². The van der Waals surface area contributed by atoms with Gasteiger partial charge in [-0.3, -0.25) is 0 Å². The van der Waals surface area contributed by atoms with Crippen molar-refractivity contribution in [1.82, 2.24) is 5.32 Å². The topological polar surface area (TPSA) is 32.3 Å². The summed E-state index contributed by atoms with van der Waals surface area (Å²) >= 11 is 0. The van der Waals surface area contributed by atoms with Gasteiger partial charge in [-0.15, -0.1) is 0 Å². The summed E-state index contributed by atoms with van der Waals surface area (Å²) in [5, 5.41) is 13.7. The highest BCUT2D eigenvalue weighted by Gasteiger charge is 2.17. The van der Waals surface area contributed by atoms with E-state index < -0.39 is 0 Å². The molecule has 2 heteroatoms. The van der Waals surface area contributed by atoms with Crippen molar-refractivity contribution in [2.24, 2.45) is 0 Å². The van der Waals surface area contributed by atoms with Crippen LogP contribution in [0.5, 0.6) is 5.75 Å². The van der Waals surface area contributed by atoms with Crippen molar-refractivity contribution in [2.75, 3.05) is 6.54 Å². The number of fused-ring (bicyclic) bond motifs is 1. The number of phenols is 1. The highest BCUT2D eigenvalue weighted by atomic mass is 16.3. The van der Waals surface area contributed by atoms with E-state index in [9.17, 15) is 5.11 Å². The molecule has 2 nitrogen and oxygen atoms in total. The first kappa shape index (κ1) is 12.0. The molecule has 0 radical (unpaired) electrons. The van der Waals surface area contributed by atoms with Crippen molar-refractivity contribution in [2.45, 2.75) is 57.4 Å². The first-order valence-electron chi connectivity index (χ1n) is 7.40. The van der Waals surface area contributed by atoms with Crippen molar-refractivity contribution >= 4 is 0 Å². The SMILES string of the molecule is Oc1cc2c(cc1CC1CCCCN1)CCCC2. The molecule has 1 aromatic rings. The second-order valence-corrected chi connectivity index (χ2v) is 5.81. The monoisotopic (exact) mass is 245 g/mol. The summed E-state index contributed by atoms with van der Waals surface area (Å²) in [6.07, 6.45) is 9.77. The second kappa shape index (κ2) is 5.31. The zero-order valence-electron chi connectivity index (χ0n) is 11.0. The molecule has 1 atom stereocenters. The van der Waals surface area contributed by atoms with Gasteiger partial charge in [0.2, 0.25) is 0 Å². The van der Waals surface area contributed by atoms with Crippen molar-refractivity contribution < 1.29 is 5.11 Å². The fourth-order valence-electron chi connectivity index (χ4n) is 3.35. The lowest BCUT2D eigenvalue weighted by Gasteiger charge is -2.25. The minimum absolute atomic E-state index is 0.517. The Hall–Kier alpha value is -1.02. The van der Waals surface area contributed by atoms with Crippen LogP contribution >= 0.6 is 0 Å². The molecule has 1 aliphatic heterocycles. The largest absolute Gasteiger partial charge is 0.508 e. The summed E-state index contributed by atoms with van der Waals surface area (Å²) in [5.74, 6) is 0.517. The van der Waals surface area contributed by atoms with Crippen molar-refractivity contribution in [3.05, 3.63) is 28.8 Å². The fraction of sp³-hybridized carbons (Fsp3) is 0.625. The predicted molar refractivity (Wildman–Crippen MR) is 74.1 cm³/mol. The Balaban J connectivity index is 1.78. The van der Waals surface area contributed by atoms with Crippen molar-refractivity contribution in [3.63, 3.8) is 0 Å². The van der Waals surface area contributed by atoms with Gasteiger partial charge in [0.15, 0.2) is 0 Å². The predicted octanol–water partition coefficient (Wildman–Crippen LogP) is 2.96. The number of nitrogens with one attached hydrogen (secondary N) is 1. The lowest BCUT2D eigenvalue weighted by Crippen LogP contribution is -2.35. The zero-order chi connectivity index (χ0) is 12.4. The van der Waals surface area contributed by atoms with Crippen molar-refractivity contribution in [3.8, 4) is 5.75 Å². The van der Waals surface area contributed by atoms with E-state index >= 15 is 0 Å². The molecular formula is C16H23NO. The van der Waals surface area contributed by atoms with Gasteiger partial charge in [-0.2, -0.15) is 0 Å². The van der Waals surface area contributed by atoms with Gasteiger partial charge in [-0.05, 0) is 74.2 Å². The molecule has 0 saturated carbocycles. The molecule has 1 aliphatic carbocycles. The Labute approximate surface area is 109 Å². The number of benzene rings is 1. The molecule has 3 rings (SSSR count). The van der Waals surface area contributed by atoms with Crippen LogP contribution < -0.4 is 5.32 Å². The number of aromatic hydroxyl groups is 1. The van der Waals surface area contributed by atoms with Crippen LogP contribution in [0.25, 0.3) is 0 Å². The quantitative estimate of drug-likeness (QED) is 0.839. The molecule has 1 fully saturated rings. The summed E-state index contributed by atoms with van der Waals surface area (Å²) < 4.78 is 0. The number of hydrogen-bond donors (Lipinski definition) is 2.